The van der Waals surface area contributed by atoms with Crippen LogP contribution in [0.4, 0.5) is 4.39 Å². The van der Waals surface area contributed by atoms with Crippen molar-refractivity contribution in [3.05, 3.63) is 47.0 Å². The molecule has 1 aliphatic rings. The predicted molar refractivity (Wildman–Crippen MR) is 73.6 cm³/mol. The van der Waals surface area contributed by atoms with Crippen LogP contribution in [0.2, 0.25) is 0 Å². The van der Waals surface area contributed by atoms with Crippen molar-refractivity contribution in [2.24, 2.45) is 4.99 Å². The lowest BCUT2D eigenvalue weighted by Crippen LogP contribution is -2.15. The van der Waals surface area contributed by atoms with E-state index in [1.54, 1.807) is 12.3 Å². The first-order chi connectivity index (χ1) is 8.74. The molecule has 1 saturated carbocycles. The van der Waals surface area contributed by atoms with Gasteiger partial charge in [-0.15, -0.1) is 11.6 Å². The fourth-order valence-electron chi connectivity index (χ4n) is 1.85. The van der Waals surface area contributed by atoms with Gasteiger partial charge in [-0.1, -0.05) is 12.1 Å². The highest BCUT2D eigenvalue weighted by atomic mass is 35.5. The maximum absolute atomic E-state index is 13.7. The van der Waals surface area contributed by atoms with E-state index in [-0.39, 0.29) is 5.82 Å². The van der Waals surface area contributed by atoms with Crippen LogP contribution in [0.3, 0.4) is 0 Å². The molecule has 1 aromatic carbocycles. The maximum Gasteiger partial charge on any atom is 0.128 e. The van der Waals surface area contributed by atoms with E-state index in [1.807, 2.05) is 12.1 Å². The first kappa shape index (κ1) is 13.1. The topological polar surface area (TPSA) is 24.4 Å². The molecule has 18 heavy (non-hydrogen) atoms. The zero-order valence-electron chi connectivity index (χ0n) is 10.1. The largest absolute Gasteiger partial charge is 0.382 e. The number of hydrogen-bond donors (Lipinski definition) is 1. The molecule has 4 heteroatoms. The van der Waals surface area contributed by atoms with E-state index in [0.717, 1.165) is 5.70 Å². The molecule has 1 aliphatic carbocycles. The Morgan fingerprint density at radius 1 is 1.56 bits per heavy atom. The van der Waals surface area contributed by atoms with Crippen LogP contribution in [-0.2, 0) is 6.54 Å². The Morgan fingerprint density at radius 3 is 2.94 bits per heavy atom. The van der Waals surface area contributed by atoms with Gasteiger partial charge < -0.3 is 5.32 Å². The van der Waals surface area contributed by atoms with Gasteiger partial charge in [-0.25, -0.2) is 4.39 Å². The van der Waals surface area contributed by atoms with E-state index in [1.165, 1.54) is 18.4 Å². The number of halogens is 2. The van der Waals surface area contributed by atoms with Gasteiger partial charge in [-0.2, -0.15) is 0 Å². The molecule has 0 aromatic heterocycles. The van der Waals surface area contributed by atoms with Crippen LogP contribution >= 0.6 is 11.6 Å². The van der Waals surface area contributed by atoms with E-state index >= 15 is 0 Å². The Balaban J connectivity index is 2.05. The van der Waals surface area contributed by atoms with Gasteiger partial charge in [0.05, 0.1) is 5.88 Å². The fraction of sp³-hybridized carbons (Fsp3) is 0.357. The predicted octanol–water partition coefficient (Wildman–Crippen LogP) is 3.57. The number of nitrogens with one attached hydrogen (secondary N) is 1. The van der Waals surface area contributed by atoms with Crippen molar-refractivity contribution in [3.63, 3.8) is 0 Å². The van der Waals surface area contributed by atoms with Crippen molar-refractivity contribution in [1.82, 2.24) is 5.32 Å². The first-order valence-corrected chi connectivity index (χ1v) is 6.51. The minimum absolute atomic E-state index is 0.188. The molecule has 0 atom stereocenters. The summed E-state index contributed by atoms with van der Waals surface area (Å²) in [5.41, 5.74) is 2.63. The quantitative estimate of drug-likeness (QED) is 0.618. The van der Waals surface area contributed by atoms with Crippen LogP contribution in [0.25, 0.3) is 0 Å². The molecule has 2 nitrogen and oxygen atoms in total. The summed E-state index contributed by atoms with van der Waals surface area (Å²) < 4.78 is 13.7. The van der Waals surface area contributed by atoms with Gasteiger partial charge >= 0.3 is 0 Å². The molecule has 0 saturated heterocycles. The molecule has 0 radical (unpaired) electrons. The first-order valence-electron chi connectivity index (χ1n) is 5.97. The third kappa shape index (κ3) is 3.33. The molecule has 2 rings (SSSR count). The summed E-state index contributed by atoms with van der Waals surface area (Å²) in [5.74, 6) is 0.748. The Morgan fingerprint density at radius 2 is 2.33 bits per heavy atom. The number of allylic oxidation sites excluding steroid dienone is 1. The van der Waals surface area contributed by atoms with Gasteiger partial charge in [0.2, 0.25) is 0 Å². The number of nitrogens with zero attached hydrogens (tertiary/aromatic N) is 1. The Bertz CT molecular complexity index is 467. The molecule has 0 amide bonds. The van der Waals surface area contributed by atoms with Crippen LogP contribution in [0.15, 0.2) is 35.1 Å². The smallest absolute Gasteiger partial charge is 0.128 e. The summed E-state index contributed by atoms with van der Waals surface area (Å²) in [6.45, 7) is 3.78. The lowest BCUT2D eigenvalue weighted by molar-refractivity contribution is 0.600. The van der Waals surface area contributed by atoms with Crippen molar-refractivity contribution in [2.45, 2.75) is 25.3 Å². The van der Waals surface area contributed by atoms with Crippen LogP contribution < -0.4 is 5.32 Å². The van der Waals surface area contributed by atoms with Crippen LogP contribution in [-0.4, -0.2) is 12.6 Å². The number of aliphatic imine (C=N–C) groups is 1. The molecule has 0 aliphatic heterocycles. The van der Waals surface area contributed by atoms with Gasteiger partial charge in [0, 0.05) is 24.0 Å². The van der Waals surface area contributed by atoms with E-state index in [2.05, 4.69) is 17.0 Å². The molecule has 1 N–H and O–H groups in total. The Labute approximate surface area is 112 Å². The van der Waals surface area contributed by atoms with Gasteiger partial charge in [0.1, 0.15) is 5.82 Å². The second kappa shape index (κ2) is 6.01. The second-order valence-electron chi connectivity index (χ2n) is 4.45. The summed E-state index contributed by atoms with van der Waals surface area (Å²) in [4.78, 5) is 3.64. The van der Waals surface area contributed by atoms with Gasteiger partial charge in [-0.05, 0) is 37.1 Å². The summed E-state index contributed by atoms with van der Waals surface area (Å²) in [5, 5.41) is 3.07. The van der Waals surface area contributed by atoms with Crippen molar-refractivity contribution < 1.29 is 4.39 Å². The number of alkyl halides is 1. The average molecular weight is 267 g/mol. The Kier molecular flexibility index (Phi) is 4.37. The van der Waals surface area contributed by atoms with E-state index in [0.29, 0.717) is 23.9 Å². The van der Waals surface area contributed by atoms with Gasteiger partial charge in [0.15, 0.2) is 0 Å². The molecule has 0 heterocycles. The Hall–Kier alpha value is -1.35. The molecule has 0 unspecified atom stereocenters. The molecule has 1 fully saturated rings. The molecule has 0 bridgehead atoms. The summed E-state index contributed by atoms with van der Waals surface area (Å²) in [7, 11) is 0. The minimum Gasteiger partial charge on any atom is -0.382 e. The number of hydrogen-bond acceptors (Lipinski definition) is 2. The van der Waals surface area contributed by atoms with Crippen LogP contribution in [0.1, 0.15) is 29.9 Å². The van der Waals surface area contributed by atoms with E-state index in [9.17, 15) is 4.39 Å². The molecule has 1 aromatic rings. The SMILES string of the molecule is C=N/C=C(/CCl)NCc1cc(C2CC2)ccc1F. The normalized spacial score (nSPS) is 15.6. The zero-order valence-corrected chi connectivity index (χ0v) is 10.9. The van der Waals surface area contributed by atoms with Crippen LogP contribution in [0.5, 0.6) is 0 Å². The van der Waals surface area contributed by atoms with Crippen LogP contribution in [0, 0.1) is 5.82 Å². The lowest BCUT2D eigenvalue weighted by Gasteiger charge is -2.10. The molecular formula is C14H16ClFN2. The highest BCUT2D eigenvalue weighted by Crippen LogP contribution is 2.40. The van der Waals surface area contributed by atoms with Crippen molar-refractivity contribution in [2.75, 3.05) is 5.88 Å². The standard InChI is InChI=1S/C14H16ClFN2/c1-17-9-13(7-15)18-8-12-6-11(10-2-3-10)4-5-14(12)16/h4-6,9-10,18H,1-3,7-8H2/b13-9-. The summed E-state index contributed by atoms with van der Waals surface area (Å²) in [6.07, 6.45) is 3.98. The van der Waals surface area contributed by atoms with Gasteiger partial charge in [-0.3, -0.25) is 4.99 Å². The van der Waals surface area contributed by atoms with Crippen molar-refractivity contribution >= 4 is 18.3 Å². The number of rotatable bonds is 6. The van der Waals surface area contributed by atoms with E-state index < -0.39 is 0 Å². The van der Waals surface area contributed by atoms with Crippen molar-refractivity contribution in [3.8, 4) is 0 Å². The third-order valence-electron chi connectivity index (χ3n) is 3.02. The molecule has 96 valence electrons. The number of benzene rings is 1. The van der Waals surface area contributed by atoms with E-state index in [4.69, 9.17) is 11.6 Å². The maximum atomic E-state index is 13.7. The minimum atomic E-state index is -0.188. The summed E-state index contributed by atoms with van der Waals surface area (Å²) >= 11 is 5.73. The van der Waals surface area contributed by atoms with Gasteiger partial charge in [0.25, 0.3) is 0 Å². The van der Waals surface area contributed by atoms with Crippen molar-refractivity contribution in [1.29, 1.82) is 0 Å². The zero-order chi connectivity index (χ0) is 13.0. The third-order valence-corrected chi connectivity index (χ3v) is 3.30. The highest BCUT2D eigenvalue weighted by molar-refractivity contribution is 6.19. The fourth-order valence-corrected chi connectivity index (χ4v) is 2.01. The highest BCUT2D eigenvalue weighted by Gasteiger charge is 2.24. The summed E-state index contributed by atoms with van der Waals surface area (Å²) in [6, 6.07) is 5.35. The monoisotopic (exact) mass is 266 g/mol. The molecule has 0 spiro atoms. The molecular weight excluding hydrogens is 251 g/mol. The lowest BCUT2D eigenvalue weighted by atomic mass is 10.1. The second-order valence-corrected chi connectivity index (χ2v) is 4.72. The average Bonchev–Trinajstić information content (AvgIpc) is 3.20.